The number of piperidine rings is 1. The van der Waals surface area contributed by atoms with Gasteiger partial charge in [0.15, 0.2) is 0 Å². The molecule has 5 rings (SSSR count). The van der Waals surface area contributed by atoms with Gasteiger partial charge in [0.1, 0.15) is 5.75 Å². The quantitative estimate of drug-likeness (QED) is 0.383. The van der Waals surface area contributed by atoms with E-state index in [1.54, 1.807) is 7.11 Å². The molecule has 190 valence electrons. The predicted molar refractivity (Wildman–Crippen MR) is 144 cm³/mol. The smallest absolute Gasteiger partial charge is 0.122 e. The van der Waals surface area contributed by atoms with Crippen LogP contribution in [0.3, 0.4) is 0 Å². The predicted octanol–water partition coefficient (Wildman–Crippen LogP) is 4.99. The molecule has 2 aromatic carbocycles. The first kappa shape index (κ1) is 24.9. The summed E-state index contributed by atoms with van der Waals surface area (Å²) in [5, 5.41) is 0. The molecule has 5 heteroatoms. The summed E-state index contributed by atoms with van der Waals surface area (Å²) in [5.41, 5.74) is 5.32. The minimum Gasteiger partial charge on any atom is -0.493 e. The summed E-state index contributed by atoms with van der Waals surface area (Å²) in [6.45, 7) is 6.66. The summed E-state index contributed by atoms with van der Waals surface area (Å²) in [5.74, 6) is 1.72. The zero-order valence-electron chi connectivity index (χ0n) is 21.5. The molecule has 0 N–H and O–H groups in total. The van der Waals surface area contributed by atoms with Crippen molar-refractivity contribution in [3.05, 3.63) is 95.3 Å². The normalized spacial score (nSPS) is 17.2. The Labute approximate surface area is 216 Å². The second-order valence-corrected chi connectivity index (χ2v) is 10.2. The summed E-state index contributed by atoms with van der Waals surface area (Å²) in [4.78, 5) is 9.90. The summed E-state index contributed by atoms with van der Waals surface area (Å²) in [6, 6.07) is 24.4. The Kier molecular flexibility index (Phi) is 8.65. The summed E-state index contributed by atoms with van der Waals surface area (Å²) in [6.07, 6.45) is 6.45. The van der Waals surface area contributed by atoms with Crippen molar-refractivity contribution in [1.29, 1.82) is 0 Å². The van der Waals surface area contributed by atoms with Crippen LogP contribution in [0.25, 0.3) is 0 Å². The van der Waals surface area contributed by atoms with E-state index < -0.39 is 0 Å². The minimum absolute atomic E-state index is 0.462. The van der Waals surface area contributed by atoms with E-state index in [0.29, 0.717) is 12.0 Å². The molecule has 1 aromatic heterocycles. The fourth-order valence-corrected chi connectivity index (χ4v) is 5.81. The fraction of sp³-hybridized carbons (Fsp3) is 0.452. The average molecular weight is 486 g/mol. The van der Waals surface area contributed by atoms with E-state index in [0.717, 1.165) is 70.2 Å². The first-order valence-electron chi connectivity index (χ1n) is 13.4. The Bertz CT molecular complexity index is 1070. The SMILES string of the molecule is COCCN(Cc1ccccn1)C(Cc1ccccc1)C1CCN(Cc2ccc3c(c2)CCO3)CC1. The largest absolute Gasteiger partial charge is 0.493 e. The number of pyridine rings is 1. The number of hydrogen-bond donors (Lipinski definition) is 0. The van der Waals surface area contributed by atoms with E-state index in [9.17, 15) is 0 Å². The molecular formula is C31H39N3O2. The van der Waals surface area contributed by atoms with Crippen molar-refractivity contribution in [1.82, 2.24) is 14.8 Å². The molecular weight excluding hydrogens is 446 g/mol. The van der Waals surface area contributed by atoms with E-state index >= 15 is 0 Å². The maximum Gasteiger partial charge on any atom is 0.122 e. The van der Waals surface area contributed by atoms with Gasteiger partial charge in [-0.3, -0.25) is 14.8 Å². The van der Waals surface area contributed by atoms with Crippen molar-refractivity contribution >= 4 is 0 Å². The molecule has 0 bridgehead atoms. The van der Waals surface area contributed by atoms with Gasteiger partial charge in [-0.1, -0.05) is 48.5 Å². The van der Waals surface area contributed by atoms with Crippen LogP contribution in [0.2, 0.25) is 0 Å². The minimum atomic E-state index is 0.462. The van der Waals surface area contributed by atoms with E-state index in [1.165, 1.54) is 29.5 Å². The molecule has 5 nitrogen and oxygen atoms in total. The van der Waals surface area contributed by atoms with Crippen molar-refractivity contribution in [2.75, 3.05) is 40.0 Å². The van der Waals surface area contributed by atoms with Gasteiger partial charge in [-0.25, -0.2) is 0 Å². The molecule has 1 unspecified atom stereocenters. The van der Waals surface area contributed by atoms with Gasteiger partial charge in [0.25, 0.3) is 0 Å². The standard InChI is InChI=1S/C31H39N3O2/c1-35-20-18-34(24-29-9-5-6-15-32-29)30(22-25-7-3-2-4-8-25)27-12-16-33(17-13-27)23-26-10-11-31-28(21-26)14-19-36-31/h2-11,15,21,27,30H,12-14,16-20,22-24H2,1H3. The maximum atomic E-state index is 5.69. The molecule has 1 fully saturated rings. The fourth-order valence-electron chi connectivity index (χ4n) is 5.81. The van der Waals surface area contributed by atoms with Gasteiger partial charge in [0.05, 0.1) is 18.9 Å². The van der Waals surface area contributed by atoms with Crippen LogP contribution in [-0.4, -0.2) is 60.8 Å². The lowest BCUT2D eigenvalue weighted by Gasteiger charge is -2.41. The highest BCUT2D eigenvalue weighted by Crippen LogP contribution is 2.30. The Balaban J connectivity index is 1.28. The lowest BCUT2D eigenvalue weighted by molar-refractivity contribution is 0.0564. The lowest BCUT2D eigenvalue weighted by atomic mass is 9.84. The van der Waals surface area contributed by atoms with Crippen LogP contribution in [0.5, 0.6) is 5.75 Å². The summed E-state index contributed by atoms with van der Waals surface area (Å²) >= 11 is 0. The third kappa shape index (κ3) is 6.52. The zero-order valence-corrected chi connectivity index (χ0v) is 21.5. The van der Waals surface area contributed by atoms with E-state index in [1.807, 2.05) is 12.3 Å². The number of methoxy groups -OCH3 is 1. The monoisotopic (exact) mass is 485 g/mol. The van der Waals surface area contributed by atoms with Crippen LogP contribution in [-0.2, 0) is 30.7 Å². The van der Waals surface area contributed by atoms with Gasteiger partial charge in [0.2, 0.25) is 0 Å². The zero-order chi connectivity index (χ0) is 24.6. The number of nitrogens with zero attached hydrogens (tertiary/aromatic N) is 3. The number of aromatic nitrogens is 1. The first-order valence-corrected chi connectivity index (χ1v) is 13.4. The van der Waals surface area contributed by atoms with Gasteiger partial charge in [0, 0.05) is 45.4 Å². The molecule has 2 aliphatic heterocycles. The third-order valence-corrected chi connectivity index (χ3v) is 7.77. The molecule has 36 heavy (non-hydrogen) atoms. The molecule has 0 spiro atoms. The molecule has 1 saturated heterocycles. The van der Waals surface area contributed by atoms with Crippen LogP contribution in [0.1, 0.15) is 35.2 Å². The average Bonchev–Trinajstić information content (AvgIpc) is 3.40. The van der Waals surface area contributed by atoms with E-state index in [-0.39, 0.29) is 0 Å². The third-order valence-electron chi connectivity index (χ3n) is 7.77. The Morgan fingerprint density at radius 2 is 1.86 bits per heavy atom. The number of hydrogen-bond acceptors (Lipinski definition) is 5. The molecule has 0 aliphatic carbocycles. The second kappa shape index (κ2) is 12.5. The van der Waals surface area contributed by atoms with E-state index in [4.69, 9.17) is 9.47 Å². The lowest BCUT2D eigenvalue weighted by Crippen LogP contribution is -2.47. The highest BCUT2D eigenvalue weighted by molar-refractivity contribution is 5.39. The van der Waals surface area contributed by atoms with Crippen molar-refractivity contribution in [3.8, 4) is 5.75 Å². The molecule has 1 atom stereocenters. The van der Waals surface area contributed by atoms with Crippen LogP contribution < -0.4 is 4.74 Å². The van der Waals surface area contributed by atoms with Crippen LogP contribution in [0, 0.1) is 5.92 Å². The Morgan fingerprint density at radius 3 is 2.64 bits per heavy atom. The van der Waals surface area contributed by atoms with Crippen LogP contribution in [0.15, 0.2) is 72.9 Å². The Hall–Kier alpha value is -2.73. The Morgan fingerprint density at radius 1 is 1.03 bits per heavy atom. The molecule has 3 heterocycles. The van der Waals surface area contributed by atoms with Crippen molar-refractivity contribution in [2.24, 2.45) is 5.92 Å². The van der Waals surface area contributed by atoms with Gasteiger partial charge >= 0.3 is 0 Å². The highest BCUT2D eigenvalue weighted by atomic mass is 16.5. The van der Waals surface area contributed by atoms with E-state index in [2.05, 4.69) is 75.4 Å². The number of rotatable bonds is 11. The van der Waals surface area contributed by atoms with Crippen molar-refractivity contribution < 1.29 is 9.47 Å². The molecule has 3 aromatic rings. The second-order valence-electron chi connectivity index (χ2n) is 10.2. The summed E-state index contributed by atoms with van der Waals surface area (Å²) in [7, 11) is 1.80. The maximum absolute atomic E-state index is 5.69. The molecule has 0 radical (unpaired) electrons. The molecule has 0 amide bonds. The number of likely N-dealkylation sites (tertiary alicyclic amines) is 1. The van der Waals surface area contributed by atoms with Gasteiger partial charge in [-0.05, 0) is 73.2 Å². The number of fused-ring (bicyclic) bond motifs is 1. The van der Waals surface area contributed by atoms with Crippen molar-refractivity contribution in [3.63, 3.8) is 0 Å². The molecule has 0 saturated carbocycles. The number of benzene rings is 2. The van der Waals surface area contributed by atoms with Crippen LogP contribution >= 0.6 is 0 Å². The van der Waals surface area contributed by atoms with Crippen molar-refractivity contribution in [2.45, 2.75) is 44.8 Å². The molecule has 2 aliphatic rings. The van der Waals surface area contributed by atoms with Gasteiger partial charge in [-0.15, -0.1) is 0 Å². The topological polar surface area (TPSA) is 37.8 Å². The number of ether oxygens (including phenoxy) is 2. The van der Waals surface area contributed by atoms with Gasteiger partial charge in [-0.2, -0.15) is 0 Å². The first-order chi connectivity index (χ1) is 17.8. The van der Waals surface area contributed by atoms with Crippen LogP contribution in [0.4, 0.5) is 0 Å². The highest BCUT2D eigenvalue weighted by Gasteiger charge is 2.31. The summed E-state index contributed by atoms with van der Waals surface area (Å²) < 4.78 is 11.2. The van der Waals surface area contributed by atoms with Gasteiger partial charge < -0.3 is 9.47 Å².